The van der Waals surface area contributed by atoms with Crippen LogP contribution in [0.5, 0.6) is 0 Å². The second-order valence-corrected chi connectivity index (χ2v) is 6.66. The molecule has 0 unspecified atom stereocenters. The third-order valence-electron chi connectivity index (χ3n) is 4.23. The van der Waals surface area contributed by atoms with Crippen LogP contribution in [0.25, 0.3) is 16.8 Å². The lowest BCUT2D eigenvalue weighted by Crippen LogP contribution is -2.34. The van der Waals surface area contributed by atoms with Crippen LogP contribution in [0.4, 0.5) is 0 Å². The smallest absolute Gasteiger partial charge is 0.293 e. The van der Waals surface area contributed by atoms with E-state index in [4.69, 9.17) is 11.6 Å². The van der Waals surface area contributed by atoms with Gasteiger partial charge in [-0.15, -0.1) is 0 Å². The number of nitrogens with zero attached hydrogens (tertiary/aromatic N) is 4. The molecule has 0 fully saturated rings. The molecule has 0 atom stereocenters. The average molecular weight is 394 g/mol. The fourth-order valence-electron chi connectivity index (χ4n) is 2.84. The highest BCUT2D eigenvalue weighted by Crippen LogP contribution is 2.17. The number of hydrogen-bond acceptors (Lipinski definition) is 4. The van der Waals surface area contributed by atoms with Crippen LogP contribution in [-0.4, -0.2) is 25.3 Å². The molecule has 8 heteroatoms. The van der Waals surface area contributed by atoms with Gasteiger partial charge in [-0.3, -0.25) is 9.59 Å². The topological polar surface area (TPSA) is 81.3 Å². The number of aromatic nitrogens is 4. The predicted octanol–water partition coefficient (Wildman–Crippen LogP) is 2.53. The van der Waals surface area contributed by atoms with E-state index in [2.05, 4.69) is 15.5 Å². The highest BCUT2D eigenvalue weighted by molar-refractivity contribution is 6.30. The molecule has 0 aliphatic carbocycles. The summed E-state index contributed by atoms with van der Waals surface area (Å²) in [4.78, 5) is 24.9. The molecule has 1 amide bonds. The van der Waals surface area contributed by atoms with Crippen molar-refractivity contribution in [1.29, 1.82) is 0 Å². The summed E-state index contributed by atoms with van der Waals surface area (Å²) in [5.74, 6) is -0.318. The van der Waals surface area contributed by atoms with Crippen LogP contribution in [0.2, 0.25) is 5.02 Å². The van der Waals surface area contributed by atoms with Crippen LogP contribution in [0.15, 0.2) is 71.8 Å². The standard InChI is InChI=1S/C20H16ClN5O2/c21-16-8-4-5-14(9-16)11-22-19(27)12-25-20(28)18-10-17(24-26(18)13-23-25)15-6-2-1-3-7-15/h1-10,13H,11-12H2,(H,22,27). The Hall–Kier alpha value is -3.45. The van der Waals surface area contributed by atoms with E-state index in [1.807, 2.05) is 42.5 Å². The van der Waals surface area contributed by atoms with Gasteiger partial charge in [0.05, 0.1) is 5.69 Å². The Kier molecular flexibility index (Phi) is 4.90. The lowest BCUT2D eigenvalue weighted by atomic mass is 10.1. The molecule has 0 saturated heterocycles. The minimum Gasteiger partial charge on any atom is -0.350 e. The van der Waals surface area contributed by atoms with E-state index in [1.54, 1.807) is 18.2 Å². The van der Waals surface area contributed by atoms with E-state index in [9.17, 15) is 9.59 Å². The quantitative estimate of drug-likeness (QED) is 0.565. The molecule has 2 heterocycles. The van der Waals surface area contributed by atoms with Crippen molar-refractivity contribution in [2.24, 2.45) is 0 Å². The first kappa shape index (κ1) is 17.9. The lowest BCUT2D eigenvalue weighted by Gasteiger charge is -2.07. The number of nitrogens with one attached hydrogen (secondary N) is 1. The second-order valence-electron chi connectivity index (χ2n) is 6.23. The zero-order valence-electron chi connectivity index (χ0n) is 14.7. The van der Waals surface area contributed by atoms with Gasteiger partial charge in [-0.25, -0.2) is 9.20 Å². The molecular formula is C20H16ClN5O2. The summed E-state index contributed by atoms with van der Waals surface area (Å²) in [5, 5.41) is 11.8. The molecule has 0 spiro atoms. The number of amides is 1. The molecule has 0 bridgehead atoms. The van der Waals surface area contributed by atoms with Gasteiger partial charge in [-0.2, -0.15) is 10.2 Å². The Morgan fingerprint density at radius 1 is 1.07 bits per heavy atom. The number of rotatable bonds is 5. The van der Waals surface area contributed by atoms with Crippen molar-refractivity contribution >= 4 is 23.0 Å². The van der Waals surface area contributed by atoms with Crippen molar-refractivity contribution in [1.82, 2.24) is 24.7 Å². The van der Waals surface area contributed by atoms with Crippen LogP contribution in [-0.2, 0) is 17.9 Å². The Morgan fingerprint density at radius 3 is 2.68 bits per heavy atom. The van der Waals surface area contributed by atoms with E-state index in [1.165, 1.54) is 10.8 Å². The van der Waals surface area contributed by atoms with Crippen molar-refractivity contribution in [2.75, 3.05) is 0 Å². The summed E-state index contributed by atoms with van der Waals surface area (Å²) in [6, 6.07) is 18.5. The first-order chi connectivity index (χ1) is 13.6. The summed E-state index contributed by atoms with van der Waals surface area (Å²) in [6.07, 6.45) is 1.42. The third kappa shape index (κ3) is 3.79. The van der Waals surface area contributed by atoms with Crippen LogP contribution in [0, 0.1) is 0 Å². The summed E-state index contributed by atoms with van der Waals surface area (Å²) in [7, 11) is 0. The Bertz CT molecular complexity index is 1200. The number of fused-ring (bicyclic) bond motifs is 1. The molecule has 1 N–H and O–H groups in total. The largest absolute Gasteiger partial charge is 0.350 e. The highest BCUT2D eigenvalue weighted by atomic mass is 35.5. The predicted molar refractivity (Wildman–Crippen MR) is 106 cm³/mol. The van der Waals surface area contributed by atoms with Crippen molar-refractivity contribution in [3.63, 3.8) is 0 Å². The maximum absolute atomic E-state index is 12.7. The van der Waals surface area contributed by atoms with Crippen LogP contribution in [0.3, 0.4) is 0 Å². The Morgan fingerprint density at radius 2 is 1.89 bits per heavy atom. The first-order valence-electron chi connectivity index (χ1n) is 8.62. The van der Waals surface area contributed by atoms with E-state index >= 15 is 0 Å². The molecule has 0 aliphatic rings. The highest BCUT2D eigenvalue weighted by Gasteiger charge is 2.12. The molecule has 140 valence electrons. The maximum atomic E-state index is 12.7. The zero-order chi connectivity index (χ0) is 19.5. The summed E-state index contributed by atoms with van der Waals surface area (Å²) < 4.78 is 2.55. The molecule has 2 aromatic carbocycles. The van der Waals surface area contributed by atoms with Gasteiger partial charge in [0.2, 0.25) is 5.91 Å². The molecular weight excluding hydrogens is 378 g/mol. The molecule has 0 radical (unpaired) electrons. The minimum atomic E-state index is -0.380. The van der Waals surface area contributed by atoms with E-state index < -0.39 is 0 Å². The second kappa shape index (κ2) is 7.66. The molecule has 2 aromatic heterocycles. The fourth-order valence-corrected chi connectivity index (χ4v) is 3.05. The average Bonchev–Trinajstić information content (AvgIpc) is 3.15. The summed E-state index contributed by atoms with van der Waals surface area (Å²) >= 11 is 5.94. The van der Waals surface area contributed by atoms with Crippen molar-refractivity contribution in [3.05, 3.63) is 87.9 Å². The monoisotopic (exact) mass is 393 g/mol. The van der Waals surface area contributed by atoms with Gasteiger partial charge in [0.25, 0.3) is 5.56 Å². The fraction of sp³-hybridized carbons (Fsp3) is 0.100. The third-order valence-corrected chi connectivity index (χ3v) is 4.47. The maximum Gasteiger partial charge on any atom is 0.293 e. The normalized spacial score (nSPS) is 10.9. The SMILES string of the molecule is O=C(Cn1ncn2nc(-c3ccccc3)cc2c1=O)NCc1cccc(Cl)c1. The number of halogens is 1. The molecule has 7 nitrogen and oxygen atoms in total. The molecule has 0 aliphatic heterocycles. The van der Waals surface area contributed by atoms with Crippen LogP contribution < -0.4 is 10.9 Å². The lowest BCUT2D eigenvalue weighted by molar-refractivity contribution is -0.122. The van der Waals surface area contributed by atoms with Gasteiger partial charge >= 0.3 is 0 Å². The number of hydrogen-bond donors (Lipinski definition) is 1. The summed E-state index contributed by atoms with van der Waals surface area (Å²) in [5.41, 5.74) is 2.42. The molecule has 28 heavy (non-hydrogen) atoms. The molecule has 4 aromatic rings. The van der Waals surface area contributed by atoms with Crippen LogP contribution >= 0.6 is 11.6 Å². The van der Waals surface area contributed by atoms with E-state index in [0.29, 0.717) is 22.8 Å². The number of carbonyl (C=O) groups is 1. The van der Waals surface area contributed by atoms with Gasteiger partial charge in [-0.1, -0.05) is 54.1 Å². The van der Waals surface area contributed by atoms with Gasteiger partial charge in [0.1, 0.15) is 18.4 Å². The van der Waals surface area contributed by atoms with E-state index in [-0.39, 0.29) is 18.0 Å². The Labute approximate surface area is 165 Å². The first-order valence-corrected chi connectivity index (χ1v) is 9.00. The van der Waals surface area contributed by atoms with Crippen LogP contribution in [0.1, 0.15) is 5.56 Å². The number of benzene rings is 2. The van der Waals surface area contributed by atoms with Gasteiger partial charge in [-0.05, 0) is 23.8 Å². The van der Waals surface area contributed by atoms with Crippen molar-refractivity contribution < 1.29 is 4.79 Å². The zero-order valence-corrected chi connectivity index (χ0v) is 15.5. The van der Waals surface area contributed by atoms with Gasteiger partial charge < -0.3 is 5.32 Å². The van der Waals surface area contributed by atoms with E-state index in [0.717, 1.165) is 15.8 Å². The number of carbonyl (C=O) groups excluding carboxylic acids is 1. The molecule has 4 rings (SSSR count). The molecule has 0 saturated carbocycles. The van der Waals surface area contributed by atoms with Crippen molar-refractivity contribution in [3.8, 4) is 11.3 Å². The van der Waals surface area contributed by atoms with Gasteiger partial charge in [0.15, 0.2) is 0 Å². The Balaban J connectivity index is 1.51. The van der Waals surface area contributed by atoms with Crippen molar-refractivity contribution in [2.45, 2.75) is 13.1 Å². The minimum absolute atomic E-state index is 0.179. The summed E-state index contributed by atoms with van der Waals surface area (Å²) in [6.45, 7) is 0.142. The van der Waals surface area contributed by atoms with Gasteiger partial charge in [0, 0.05) is 17.1 Å².